The van der Waals surface area contributed by atoms with Crippen LogP contribution in [0.2, 0.25) is 0 Å². The Hall–Kier alpha value is -2.56. The highest BCUT2D eigenvalue weighted by molar-refractivity contribution is 5.76. The molecule has 0 saturated heterocycles. The largest absolute Gasteiger partial charge is 0.469 e. The van der Waals surface area contributed by atoms with Crippen LogP contribution in [0, 0.1) is 0 Å². The van der Waals surface area contributed by atoms with Crippen LogP contribution in [0.3, 0.4) is 0 Å². The van der Waals surface area contributed by atoms with E-state index in [2.05, 4.69) is 20.9 Å². The lowest BCUT2D eigenvalue weighted by Gasteiger charge is -2.06. The van der Waals surface area contributed by atoms with Crippen molar-refractivity contribution in [2.45, 2.75) is 25.8 Å². The van der Waals surface area contributed by atoms with Gasteiger partial charge in [0.2, 0.25) is 5.91 Å². The van der Waals surface area contributed by atoms with E-state index >= 15 is 0 Å². The van der Waals surface area contributed by atoms with Crippen molar-refractivity contribution in [3.05, 3.63) is 54.7 Å². The zero-order valence-corrected chi connectivity index (χ0v) is 12.4. The van der Waals surface area contributed by atoms with Gasteiger partial charge in [-0.05, 0) is 30.7 Å². The van der Waals surface area contributed by atoms with Gasteiger partial charge in [0.15, 0.2) is 0 Å². The normalized spacial score (nSPS) is 10.9. The van der Waals surface area contributed by atoms with E-state index in [-0.39, 0.29) is 5.91 Å². The first-order valence-corrected chi connectivity index (χ1v) is 7.52. The number of carbonyl (C=O) groups is 1. The van der Waals surface area contributed by atoms with Gasteiger partial charge in [0, 0.05) is 25.9 Å². The Kier molecular flexibility index (Phi) is 4.53. The maximum absolute atomic E-state index is 11.7. The molecular formula is C17H19N3O2. The number of hydrogen-bond donors (Lipinski definition) is 1. The van der Waals surface area contributed by atoms with Crippen molar-refractivity contribution in [1.82, 2.24) is 14.9 Å². The fourth-order valence-corrected chi connectivity index (χ4v) is 2.45. The number of nitrogens with zero attached hydrogens (tertiary/aromatic N) is 2. The summed E-state index contributed by atoms with van der Waals surface area (Å²) in [6, 6.07) is 11.8. The molecule has 2 heterocycles. The summed E-state index contributed by atoms with van der Waals surface area (Å²) in [5.41, 5.74) is 2.14. The molecule has 22 heavy (non-hydrogen) atoms. The summed E-state index contributed by atoms with van der Waals surface area (Å²) < 4.78 is 7.32. The molecule has 0 fully saturated rings. The van der Waals surface area contributed by atoms with Crippen LogP contribution in [-0.2, 0) is 17.8 Å². The fourth-order valence-electron chi connectivity index (χ4n) is 2.45. The van der Waals surface area contributed by atoms with Crippen molar-refractivity contribution in [1.29, 1.82) is 0 Å². The minimum atomic E-state index is 0.0619. The fraction of sp³-hybridized carbons (Fsp3) is 0.294. The third-order valence-corrected chi connectivity index (χ3v) is 3.60. The zero-order valence-electron chi connectivity index (χ0n) is 12.4. The number of benzene rings is 1. The standard InChI is InChI=1S/C17H19N3O2/c21-17(9-8-14-5-3-12-22-14)18-10-4-11-20-13-19-15-6-1-2-7-16(15)20/h1-3,5-7,12-13H,4,8-11H2,(H,18,21). The molecule has 3 rings (SSSR count). The lowest BCUT2D eigenvalue weighted by Crippen LogP contribution is -2.25. The molecule has 1 amide bonds. The Morgan fingerprint density at radius 2 is 2.14 bits per heavy atom. The molecule has 5 nitrogen and oxygen atoms in total. The first-order valence-electron chi connectivity index (χ1n) is 7.52. The van der Waals surface area contributed by atoms with E-state index in [4.69, 9.17) is 4.42 Å². The number of carbonyl (C=O) groups excluding carboxylic acids is 1. The van der Waals surface area contributed by atoms with Gasteiger partial charge in [-0.2, -0.15) is 0 Å². The Morgan fingerprint density at radius 1 is 1.23 bits per heavy atom. The molecule has 0 aliphatic rings. The van der Waals surface area contributed by atoms with Crippen LogP contribution in [0.25, 0.3) is 11.0 Å². The van der Waals surface area contributed by atoms with Gasteiger partial charge in [-0.15, -0.1) is 0 Å². The minimum Gasteiger partial charge on any atom is -0.469 e. The second kappa shape index (κ2) is 6.93. The molecule has 1 aromatic carbocycles. The van der Waals surface area contributed by atoms with Gasteiger partial charge in [0.1, 0.15) is 5.76 Å². The molecule has 114 valence electrons. The molecule has 0 radical (unpaired) electrons. The minimum absolute atomic E-state index is 0.0619. The van der Waals surface area contributed by atoms with Crippen molar-refractivity contribution >= 4 is 16.9 Å². The van der Waals surface area contributed by atoms with Crippen molar-refractivity contribution in [3.63, 3.8) is 0 Å². The van der Waals surface area contributed by atoms with Gasteiger partial charge < -0.3 is 14.3 Å². The number of fused-ring (bicyclic) bond motifs is 1. The Morgan fingerprint density at radius 3 is 3.00 bits per heavy atom. The van der Waals surface area contributed by atoms with E-state index in [1.165, 1.54) is 0 Å². The van der Waals surface area contributed by atoms with Gasteiger partial charge in [-0.3, -0.25) is 4.79 Å². The number of imidazole rings is 1. The Bertz CT molecular complexity index is 731. The molecule has 5 heteroatoms. The molecule has 0 aliphatic heterocycles. The number of rotatable bonds is 7. The molecular weight excluding hydrogens is 278 g/mol. The second-order valence-corrected chi connectivity index (χ2v) is 5.21. The summed E-state index contributed by atoms with van der Waals surface area (Å²) in [7, 11) is 0. The maximum atomic E-state index is 11.7. The van der Waals surface area contributed by atoms with Crippen LogP contribution in [0.1, 0.15) is 18.6 Å². The summed E-state index contributed by atoms with van der Waals surface area (Å²) in [6.07, 6.45) is 5.46. The summed E-state index contributed by atoms with van der Waals surface area (Å²) >= 11 is 0. The first kappa shape index (κ1) is 14.4. The number of aryl methyl sites for hydroxylation is 2. The molecule has 0 atom stereocenters. The Labute approximate surface area is 129 Å². The molecule has 0 unspecified atom stereocenters. The summed E-state index contributed by atoms with van der Waals surface area (Å²) in [5, 5.41) is 2.94. The van der Waals surface area contributed by atoms with Crippen LogP contribution >= 0.6 is 0 Å². The maximum Gasteiger partial charge on any atom is 0.220 e. The SMILES string of the molecule is O=C(CCc1ccco1)NCCCn1cnc2ccccc21. The number of furan rings is 1. The van der Waals surface area contributed by atoms with Crippen LogP contribution < -0.4 is 5.32 Å². The van der Waals surface area contributed by atoms with Gasteiger partial charge in [-0.1, -0.05) is 12.1 Å². The summed E-state index contributed by atoms with van der Waals surface area (Å²) in [6.45, 7) is 1.52. The van der Waals surface area contributed by atoms with Crippen LogP contribution in [0.4, 0.5) is 0 Å². The third-order valence-electron chi connectivity index (χ3n) is 3.60. The van der Waals surface area contributed by atoms with Crippen molar-refractivity contribution in [2.75, 3.05) is 6.54 Å². The van der Waals surface area contributed by atoms with Crippen LogP contribution in [-0.4, -0.2) is 22.0 Å². The van der Waals surface area contributed by atoms with Crippen molar-refractivity contribution in [2.24, 2.45) is 0 Å². The first-order chi connectivity index (χ1) is 10.8. The quantitative estimate of drug-likeness (QED) is 0.682. The number of amides is 1. The van der Waals surface area contributed by atoms with Crippen molar-refractivity contribution < 1.29 is 9.21 Å². The average molecular weight is 297 g/mol. The molecule has 0 aliphatic carbocycles. The molecule has 3 aromatic rings. The average Bonchev–Trinajstić information content (AvgIpc) is 3.19. The van der Waals surface area contributed by atoms with Gasteiger partial charge >= 0.3 is 0 Å². The zero-order chi connectivity index (χ0) is 15.2. The van der Waals surface area contributed by atoms with E-state index in [0.29, 0.717) is 19.4 Å². The highest BCUT2D eigenvalue weighted by Gasteiger charge is 2.04. The van der Waals surface area contributed by atoms with Crippen molar-refractivity contribution in [3.8, 4) is 0 Å². The highest BCUT2D eigenvalue weighted by atomic mass is 16.3. The van der Waals surface area contributed by atoms with E-state index in [9.17, 15) is 4.79 Å². The van der Waals surface area contributed by atoms with E-state index < -0.39 is 0 Å². The topological polar surface area (TPSA) is 60.1 Å². The number of para-hydroxylation sites is 2. The number of aromatic nitrogens is 2. The van der Waals surface area contributed by atoms with Gasteiger partial charge in [0.05, 0.1) is 23.6 Å². The Balaban J connectivity index is 1.39. The van der Waals surface area contributed by atoms with Gasteiger partial charge in [-0.25, -0.2) is 4.98 Å². The predicted octanol–water partition coefficient (Wildman–Crippen LogP) is 2.77. The van der Waals surface area contributed by atoms with Crippen LogP contribution in [0.15, 0.2) is 53.4 Å². The molecule has 2 aromatic heterocycles. The monoisotopic (exact) mass is 297 g/mol. The number of nitrogens with one attached hydrogen (secondary N) is 1. The van der Waals surface area contributed by atoms with E-state index in [0.717, 1.165) is 29.8 Å². The summed E-state index contributed by atoms with van der Waals surface area (Å²) in [5.74, 6) is 0.909. The second-order valence-electron chi connectivity index (χ2n) is 5.21. The number of hydrogen-bond acceptors (Lipinski definition) is 3. The van der Waals surface area contributed by atoms with E-state index in [1.54, 1.807) is 6.26 Å². The third kappa shape index (κ3) is 3.55. The lowest BCUT2D eigenvalue weighted by molar-refractivity contribution is -0.121. The van der Waals surface area contributed by atoms with Gasteiger partial charge in [0.25, 0.3) is 0 Å². The van der Waals surface area contributed by atoms with Crippen LogP contribution in [0.5, 0.6) is 0 Å². The highest BCUT2D eigenvalue weighted by Crippen LogP contribution is 2.11. The molecule has 0 saturated carbocycles. The predicted molar refractivity (Wildman–Crippen MR) is 84.4 cm³/mol. The smallest absolute Gasteiger partial charge is 0.220 e. The summed E-state index contributed by atoms with van der Waals surface area (Å²) in [4.78, 5) is 16.1. The lowest BCUT2D eigenvalue weighted by atomic mass is 10.2. The molecule has 0 bridgehead atoms. The molecule has 0 spiro atoms. The molecule has 1 N–H and O–H groups in total. The van der Waals surface area contributed by atoms with E-state index in [1.807, 2.05) is 36.7 Å².